The van der Waals surface area contributed by atoms with Crippen LogP contribution in [0.5, 0.6) is 17.2 Å². The summed E-state index contributed by atoms with van der Waals surface area (Å²) in [5.74, 6) is 1.68. The molecule has 1 aliphatic rings. The first-order valence-corrected chi connectivity index (χ1v) is 6.21. The fourth-order valence-corrected chi connectivity index (χ4v) is 2.59. The van der Waals surface area contributed by atoms with Crippen LogP contribution in [0.4, 0.5) is 0 Å². The van der Waals surface area contributed by atoms with E-state index < -0.39 is 0 Å². The van der Waals surface area contributed by atoms with E-state index in [4.69, 9.17) is 9.47 Å². The van der Waals surface area contributed by atoms with Crippen LogP contribution >= 0.6 is 0 Å². The van der Waals surface area contributed by atoms with E-state index in [-0.39, 0.29) is 5.75 Å². The molecule has 2 rings (SSSR count). The van der Waals surface area contributed by atoms with Crippen molar-refractivity contribution in [3.05, 3.63) is 17.7 Å². The average molecular weight is 236 g/mol. The Hall–Kier alpha value is -1.38. The van der Waals surface area contributed by atoms with Crippen molar-refractivity contribution in [3.63, 3.8) is 0 Å². The standard InChI is InChI=1S/C14H20O3/c1-16-12-8-11(9-13(17-2)14(12)15)10-6-4-3-5-7-10/h8-10,15H,3-7H2,1-2H3. The van der Waals surface area contributed by atoms with E-state index in [0.29, 0.717) is 17.4 Å². The van der Waals surface area contributed by atoms with E-state index in [1.165, 1.54) is 37.7 Å². The summed E-state index contributed by atoms with van der Waals surface area (Å²) in [5, 5.41) is 9.86. The van der Waals surface area contributed by atoms with Crippen LogP contribution in [0.2, 0.25) is 0 Å². The second-order valence-corrected chi connectivity index (χ2v) is 4.61. The molecule has 0 amide bonds. The second-order valence-electron chi connectivity index (χ2n) is 4.61. The van der Waals surface area contributed by atoms with Crippen molar-refractivity contribution in [2.45, 2.75) is 38.0 Å². The fourth-order valence-electron chi connectivity index (χ4n) is 2.59. The van der Waals surface area contributed by atoms with Crippen molar-refractivity contribution in [3.8, 4) is 17.2 Å². The maximum absolute atomic E-state index is 9.86. The molecule has 1 saturated carbocycles. The quantitative estimate of drug-likeness (QED) is 0.873. The molecule has 0 atom stereocenters. The van der Waals surface area contributed by atoms with E-state index >= 15 is 0 Å². The lowest BCUT2D eigenvalue weighted by Crippen LogP contribution is -2.05. The zero-order chi connectivity index (χ0) is 12.3. The molecule has 1 aliphatic carbocycles. The molecule has 1 fully saturated rings. The largest absolute Gasteiger partial charge is 0.502 e. The molecule has 3 heteroatoms. The predicted molar refractivity (Wildman–Crippen MR) is 67.0 cm³/mol. The SMILES string of the molecule is COc1cc(C2CCCCC2)cc(OC)c1O. The summed E-state index contributed by atoms with van der Waals surface area (Å²) >= 11 is 0. The van der Waals surface area contributed by atoms with Crippen LogP contribution in [0.25, 0.3) is 0 Å². The highest BCUT2D eigenvalue weighted by atomic mass is 16.5. The molecule has 94 valence electrons. The highest BCUT2D eigenvalue weighted by molar-refractivity contribution is 5.53. The van der Waals surface area contributed by atoms with Gasteiger partial charge in [-0.1, -0.05) is 19.3 Å². The van der Waals surface area contributed by atoms with Gasteiger partial charge in [0.15, 0.2) is 11.5 Å². The van der Waals surface area contributed by atoms with Crippen molar-refractivity contribution >= 4 is 0 Å². The Morgan fingerprint density at radius 1 is 1.00 bits per heavy atom. The van der Waals surface area contributed by atoms with Crippen molar-refractivity contribution in [1.82, 2.24) is 0 Å². The van der Waals surface area contributed by atoms with E-state index in [1.807, 2.05) is 12.1 Å². The predicted octanol–water partition coefficient (Wildman–Crippen LogP) is 3.46. The highest BCUT2D eigenvalue weighted by Gasteiger charge is 2.19. The van der Waals surface area contributed by atoms with Crippen molar-refractivity contribution < 1.29 is 14.6 Å². The Balaban J connectivity index is 2.33. The number of hydrogen-bond donors (Lipinski definition) is 1. The number of ether oxygens (including phenoxy) is 2. The summed E-state index contributed by atoms with van der Waals surface area (Å²) in [5.41, 5.74) is 1.22. The minimum atomic E-state index is 0.0922. The zero-order valence-corrected chi connectivity index (χ0v) is 10.5. The van der Waals surface area contributed by atoms with Gasteiger partial charge in [0.25, 0.3) is 0 Å². The molecule has 3 nitrogen and oxygen atoms in total. The molecule has 17 heavy (non-hydrogen) atoms. The summed E-state index contributed by atoms with van der Waals surface area (Å²) in [6.07, 6.45) is 6.35. The van der Waals surface area contributed by atoms with Gasteiger partial charge in [-0.2, -0.15) is 0 Å². The lowest BCUT2D eigenvalue weighted by atomic mass is 9.84. The number of benzene rings is 1. The number of methoxy groups -OCH3 is 2. The van der Waals surface area contributed by atoms with E-state index in [1.54, 1.807) is 14.2 Å². The summed E-state index contributed by atoms with van der Waals surface area (Å²) in [6.45, 7) is 0. The molecular weight excluding hydrogens is 216 g/mol. The summed E-state index contributed by atoms with van der Waals surface area (Å²) < 4.78 is 10.4. The van der Waals surface area contributed by atoms with Gasteiger partial charge in [0.05, 0.1) is 14.2 Å². The van der Waals surface area contributed by atoms with Gasteiger partial charge in [0, 0.05) is 0 Å². The molecule has 0 spiro atoms. The van der Waals surface area contributed by atoms with Crippen molar-refractivity contribution in [1.29, 1.82) is 0 Å². The Bertz CT molecular complexity index is 356. The Kier molecular flexibility index (Phi) is 3.77. The second kappa shape index (κ2) is 5.30. The van der Waals surface area contributed by atoms with Crippen LogP contribution in [0.15, 0.2) is 12.1 Å². The fraction of sp³-hybridized carbons (Fsp3) is 0.571. The third-order valence-electron chi connectivity index (χ3n) is 3.58. The molecule has 0 aromatic heterocycles. The summed E-state index contributed by atoms with van der Waals surface area (Å²) in [6, 6.07) is 3.88. The van der Waals surface area contributed by atoms with Gasteiger partial charge < -0.3 is 14.6 Å². The number of phenols is 1. The van der Waals surface area contributed by atoms with Crippen molar-refractivity contribution in [2.75, 3.05) is 14.2 Å². The molecule has 0 bridgehead atoms. The highest BCUT2D eigenvalue weighted by Crippen LogP contribution is 2.42. The van der Waals surface area contributed by atoms with Crippen LogP contribution in [0, 0.1) is 0 Å². The maximum Gasteiger partial charge on any atom is 0.200 e. The van der Waals surface area contributed by atoms with Crippen LogP contribution in [-0.2, 0) is 0 Å². The van der Waals surface area contributed by atoms with Crippen LogP contribution in [0.3, 0.4) is 0 Å². The van der Waals surface area contributed by atoms with Crippen LogP contribution in [0.1, 0.15) is 43.6 Å². The van der Waals surface area contributed by atoms with Gasteiger partial charge in [0.2, 0.25) is 5.75 Å². The Morgan fingerprint density at radius 2 is 1.53 bits per heavy atom. The Labute approximate surface area is 102 Å². The minimum absolute atomic E-state index is 0.0922. The number of aromatic hydroxyl groups is 1. The van der Waals surface area contributed by atoms with Crippen LogP contribution in [-0.4, -0.2) is 19.3 Å². The molecule has 0 aliphatic heterocycles. The molecule has 1 aromatic rings. The van der Waals surface area contributed by atoms with Gasteiger partial charge in [-0.15, -0.1) is 0 Å². The van der Waals surface area contributed by atoms with Gasteiger partial charge in [0.1, 0.15) is 0 Å². The van der Waals surface area contributed by atoms with Crippen molar-refractivity contribution in [2.24, 2.45) is 0 Å². The molecule has 1 aromatic carbocycles. The van der Waals surface area contributed by atoms with E-state index in [2.05, 4.69) is 0 Å². The molecule has 0 radical (unpaired) electrons. The van der Waals surface area contributed by atoms with Gasteiger partial charge in [-0.25, -0.2) is 0 Å². The molecule has 0 heterocycles. The monoisotopic (exact) mass is 236 g/mol. The first kappa shape index (κ1) is 12.1. The lowest BCUT2D eigenvalue weighted by molar-refractivity contribution is 0.337. The van der Waals surface area contributed by atoms with E-state index in [9.17, 15) is 5.11 Å². The number of hydrogen-bond acceptors (Lipinski definition) is 3. The maximum atomic E-state index is 9.86. The minimum Gasteiger partial charge on any atom is -0.502 e. The smallest absolute Gasteiger partial charge is 0.200 e. The normalized spacial score (nSPS) is 16.8. The van der Waals surface area contributed by atoms with E-state index in [0.717, 1.165) is 0 Å². The molecule has 0 unspecified atom stereocenters. The zero-order valence-electron chi connectivity index (χ0n) is 10.5. The average Bonchev–Trinajstić information content (AvgIpc) is 2.40. The first-order chi connectivity index (χ1) is 8.26. The molecular formula is C14H20O3. The summed E-state index contributed by atoms with van der Waals surface area (Å²) in [4.78, 5) is 0. The number of rotatable bonds is 3. The molecule has 0 saturated heterocycles. The van der Waals surface area contributed by atoms with Gasteiger partial charge in [-0.3, -0.25) is 0 Å². The third-order valence-corrected chi connectivity index (χ3v) is 3.58. The number of phenolic OH excluding ortho intramolecular Hbond substituents is 1. The van der Waals surface area contributed by atoms with Crippen LogP contribution < -0.4 is 9.47 Å². The van der Waals surface area contributed by atoms with Gasteiger partial charge >= 0.3 is 0 Å². The third kappa shape index (κ3) is 2.48. The topological polar surface area (TPSA) is 38.7 Å². The summed E-state index contributed by atoms with van der Waals surface area (Å²) in [7, 11) is 3.14. The lowest BCUT2D eigenvalue weighted by Gasteiger charge is -2.23. The first-order valence-electron chi connectivity index (χ1n) is 6.21. The Morgan fingerprint density at radius 3 is 2.00 bits per heavy atom. The van der Waals surface area contributed by atoms with Gasteiger partial charge in [-0.05, 0) is 36.5 Å². The molecule has 1 N–H and O–H groups in total.